The second kappa shape index (κ2) is 7.41. The van der Waals surface area contributed by atoms with Gasteiger partial charge in [-0.1, -0.05) is 18.5 Å². The predicted octanol–water partition coefficient (Wildman–Crippen LogP) is 3.71. The van der Waals surface area contributed by atoms with Gasteiger partial charge in [0.2, 0.25) is 0 Å². The fourth-order valence-electron chi connectivity index (χ4n) is 3.29. The van der Waals surface area contributed by atoms with Crippen molar-refractivity contribution in [1.29, 1.82) is 0 Å². The van der Waals surface area contributed by atoms with Gasteiger partial charge in [-0.2, -0.15) is 0 Å². The first-order valence-electron chi connectivity index (χ1n) is 8.86. The zero-order valence-electron chi connectivity index (χ0n) is 15.0. The van der Waals surface area contributed by atoms with E-state index >= 15 is 0 Å². The van der Waals surface area contributed by atoms with Crippen LogP contribution in [0.2, 0.25) is 5.02 Å². The maximum Gasteiger partial charge on any atom is 0.305 e. The fraction of sp³-hybridized carbons (Fsp3) is 0.250. The summed E-state index contributed by atoms with van der Waals surface area (Å²) >= 11 is 7.32. The number of fused-ring (bicyclic) bond motifs is 2. The van der Waals surface area contributed by atoms with Gasteiger partial charge in [0.05, 0.1) is 10.3 Å². The number of aryl methyl sites for hydroxylation is 1. The lowest BCUT2D eigenvalue weighted by Gasteiger charge is -2.16. The Balaban J connectivity index is 1.47. The highest BCUT2D eigenvalue weighted by molar-refractivity contribution is 7.14. The minimum Gasteiger partial charge on any atom is -0.451 e. The van der Waals surface area contributed by atoms with E-state index in [1.165, 1.54) is 33.9 Å². The van der Waals surface area contributed by atoms with Crippen LogP contribution in [0.1, 0.15) is 44.0 Å². The van der Waals surface area contributed by atoms with E-state index in [4.69, 9.17) is 16.0 Å². The van der Waals surface area contributed by atoms with Crippen molar-refractivity contribution in [3.8, 4) is 0 Å². The van der Waals surface area contributed by atoms with Crippen LogP contribution in [0.25, 0.3) is 11.0 Å². The lowest BCUT2D eigenvalue weighted by molar-refractivity contribution is 0.0833. The van der Waals surface area contributed by atoms with Crippen molar-refractivity contribution < 1.29 is 14.0 Å². The molecule has 0 aliphatic heterocycles. The average Bonchev–Trinajstić information content (AvgIpc) is 3.09. The monoisotopic (exact) mass is 416 g/mol. The normalized spacial score (nSPS) is 15.9. The molecule has 1 atom stereocenters. The number of nitrogens with one attached hydrogen (secondary N) is 2. The molecule has 3 aromatic rings. The molecule has 144 valence electrons. The molecule has 0 fully saturated rings. The summed E-state index contributed by atoms with van der Waals surface area (Å²) in [4.78, 5) is 38.6. The Morgan fingerprint density at radius 3 is 2.79 bits per heavy atom. The van der Waals surface area contributed by atoms with E-state index in [0.29, 0.717) is 15.8 Å². The van der Waals surface area contributed by atoms with Crippen LogP contribution in [0.3, 0.4) is 0 Å². The Labute approximate surface area is 169 Å². The second-order valence-electron chi connectivity index (χ2n) is 6.93. The molecule has 28 heavy (non-hydrogen) atoms. The lowest BCUT2D eigenvalue weighted by atomic mass is 9.90. The van der Waals surface area contributed by atoms with Crippen molar-refractivity contribution in [3.05, 3.63) is 66.7 Å². The Kier molecular flexibility index (Phi) is 4.95. The van der Waals surface area contributed by atoms with E-state index in [2.05, 4.69) is 17.8 Å². The molecule has 1 aliphatic rings. The van der Waals surface area contributed by atoms with Gasteiger partial charge in [0.1, 0.15) is 5.58 Å². The predicted molar refractivity (Wildman–Crippen MR) is 108 cm³/mol. The zero-order chi connectivity index (χ0) is 19.8. The van der Waals surface area contributed by atoms with Crippen LogP contribution in [0.15, 0.2) is 39.5 Å². The Morgan fingerprint density at radius 2 is 1.96 bits per heavy atom. The number of benzene rings is 1. The molecule has 0 saturated carbocycles. The number of thiophene rings is 1. The van der Waals surface area contributed by atoms with E-state index in [1.807, 2.05) is 6.07 Å². The van der Waals surface area contributed by atoms with E-state index < -0.39 is 11.8 Å². The van der Waals surface area contributed by atoms with Crippen molar-refractivity contribution in [2.24, 2.45) is 5.92 Å². The molecule has 2 aromatic heterocycles. The van der Waals surface area contributed by atoms with Crippen molar-refractivity contribution in [2.75, 3.05) is 0 Å². The van der Waals surface area contributed by atoms with Gasteiger partial charge in [0, 0.05) is 16.0 Å². The van der Waals surface area contributed by atoms with Gasteiger partial charge in [-0.15, -0.1) is 11.3 Å². The summed E-state index contributed by atoms with van der Waals surface area (Å²) in [6.07, 6.45) is 3.07. The van der Waals surface area contributed by atoms with Crippen LogP contribution in [0, 0.1) is 5.92 Å². The Morgan fingerprint density at radius 1 is 1.18 bits per heavy atom. The molecule has 2 heterocycles. The van der Waals surface area contributed by atoms with Gasteiger partial charge >= 0.3 is 5.91 Å². The van der Waals surface area contributed by atoms with Gasteiger partial charge < -0.3 is 4.42 Å². The summed E-state index contributed by atoms with van der Waals surface area (Å²) in [5.41, 5.74) is 5.75. The summed E-state index contributed by atoms with van der Waals surface area (Å²) in [5, 5.41) is 0.684. The number of carbonyl (C=O) groups excluding carboxylic acids is 2. The Hall–Kier alpha value is -2.64. The third-order valence-electron chi connectivity index (χ3n) is 4.76. The van der Waals surface area contributed by atoms with E-state index in [-0.39, 0.29) is 22.2 Å². The fourth-order valence-corrected chi connectivity index (χ4v) is 4.57. The molecule has 4 rings (SSSR count). The number of hydrogen-bond acceptors (Lipinski definition) is 5. The Bertz CT molecular complexity index is 1150. The first-order chi connectivity index (χ1) is 13.4. The van der Waals surface area contributed by atoms with Crippen LogP contribution >= 0.6 is 22.9 Å². The van der Waals surface area contributed by atoms with Gasteiger partial charge in [-0.05, 0) is 55.0 Å². The number of hydrogen-bond donors (Lipinski definition) is 2. The van der Waals surface area contributed by atoms with Crippen molar-refractivity contribution in [2.45, 2.75) is 26.2 Å². The third kappa shape index (κ3) is 3.68. The van der Waals surface area contributed by atoms with Crippen LogP contribution < -0.4 is 16.3 Å². The summed E-state index contributed by atoms with van der Waals surface area (Å²) in [5.74, 6) is -0.685. The van der Waals surface area contributed by atoms with E-state index in [0.717, 1.165) is 25.3 Å². The molecule has 2 N–H and O–H groups in total. The third-order valence-corrected chi connectivity index (χ3v) is 6.23. The second-order valence-corrected chi connectivity index (χ2v) is 8.50. The largest absolute Gasteiger partial charge is 0.451 e. The number of rotatable bonds is 2. The summed E-state index contributed by atoms with van der Waals surface area (Å²) in [6.45, 7) is 2.20. The molecular weight excluding hydrogens is 400 g/mol. The van der Waals surface area contributed by atoms with Crippen molar-refractivity contribution >= 4 is 45.7 Å². The van der Waals surface area contributed by atoms with Gasteiger partial charge in [0.15, 0.2) is 11.2 Å². The van der Waals surface area contributed by atoms with Crippen molar-refractivity contribution in [3.63, 3.8) is 0 Å². The zero-order valence-corrected chi connectivity index (χ0v) is 16.6. The highest BCUT2D eigenvalue weighted by Gasteiger charge is 2.21. The molecule has 0 unspecified atom stereocenters. The topological polar surface area (TPSA) is 88.4 Å². The minimum absolute atomic E-state index is 0.195. The van der Waals surface area contributed by atoms with Crippen LogP contribution in [0.4, 0.5) is 0 Å². The molecule has 0 spiro atoms. The SMILES string of the molecule is C[C@H]1CCc2sc(C(=O)NNC(=O)c3cc(=O)c4cc(Cl)ccc4o3)cc2C1. The van der Waals surface area contributed by atoms with Crippen molar-refractivity contribution in [1.82, 2.24) is 10.9 Å². The average molecular weight is 417 g/mol. The molecule has 8 heteroatoms. The summed E-state index contributed by atoms with van der Waals surface area (Å²) in [7, 11) is 0. The van der Waals surface area contributed by atoms with E-state index in [1.54, 1.807) is 6.07 Å². The number of carbonyl (C=O) groups is 2. The number of hydrazine groups is 1. The molecule has 6 nitrogen and oxygen atoms in total. The maximum atomic E-state index is 12.4. The van der Waals surface area contributed by atoms with Gasteiger partial charge in [0.25, 0.3) is 5.91 Å². The molecule has 0 radical (unpaired) electrons. The molecular formula is C20H17ClN2O4S. The van der Waals surface area contributed by atoms with Crippen LogP contribution in [-0.4, -0.2) is 11.8 Å². The van der Waals surface area contributed by atoms with Gasteiger partial charge in [-0.3, -0.25) is 25.2 Å². The van der Waals surface area contributed by atoms with Crippen LogP contribution in [-0.2, 0) is 12.8 Å². The lowest BCUT2D eigenvalue weighted by Crippen LogP contribution is -2.41. The summed E-state index contributed by atoms with van der Waals surface area (Å²) in [6, 6.07) is 7.52. The number of halogens is 1. The summed E-state index contributed by atoms with van der Waals surface area (Å²) < 4.78 is 5.46. The molecule has 0 saturated heterocycles. The minimum atomic E-state index is -0.711. The first kappa shape index (κ1) is 18.7. The molecule has 0 bridgehead atoms. The van der Waals surface area contributed by atoms with Crippen LogP contribution in [0.5, 0.6) is 0 Å². The maximum absolute atomic E-state index is 12.4. The molecule has 1 aromatic carbocycles. The molecule has 2 amide bonds. The highest BCUT2D eigenvalue weighted by Crippen LogP contribution is 2.32. The molecule has 1 aliphatic carbocycles. The highest BCUT2D eigenvalue weighted by atomic mass is 35.5. The smallest absolute Gasteiger partial charge is 0.305 e. The first-order valence-corrected chi connectivity index (χ1v) is 10.1. The number of amides is 2. The van der Waals surface area contributed by atoms with E-state index in [9.17, 15) is 14.4 Å². The standard InChI is InChI=1S/C20H17ClN2O4S/c1-10-2-5-17-11(6-10)7-18(28-17)20(26)23-22-19(25)16-9-14(24)13-8-12(21)3-4-15(13)27-16/h3-4,7-10H,2,5-6H2,1H3,(H,22,25)(H,23,26)/t10-/m0/s1. The van der Waals surface area contributed by atoms with Gasteiger partial charge in [-0.25, -0.2) is 0 Å². The quantitative estimate of drug-likeness (QED) is 0.623.